The van der Waals surface area contributed by atoms with E-state index in [-0.39, 0.29) is 0 Å². The van der Waals surface area contributed by atoms with Gasteiger partial charge in [-0.2, -0.15) is 5.26 Å². The number of nitrogens with zero attached hydrogens (tertiary/aromatic N) is 1. The number of nitrogens with two attached hydrogens (primary N) is 1. The van der Waals surface area contributed by atoms with Gasteiger partial charge in [-0.1, -0.05) is 30.3 Å². The SMILES string of the molecule is CS/C(N)=C(/C#N)Cc1ccccc1. The first-order valence-electron chi connectivity index (χ1n) is 4.24. The monoisotopic (exact) mass is 204 g/mol. The second-order valence-corrected chi connectivity index (χ2v) is 3.67. The average Bonchev–Trinajstić information content (AvgIpc) is 2.26. The predicted molar refractivity (Wildman–Crippen MR) is 60.5 cm³/mol. The van der Waals surface area contributed by atoms with Crippen molar-refractivity contribution in [1.29, 1.82) is 5.26 Å². The van der Waals surface area contributed by atoms with Crippen molar-refractivity contribution in [2.45, 2.75) is 6.42 Å². The van der Waals surface area contributed by atoms with E-state index < -0.39 is 0 Å². The Balaban J connectivity index is 2.84. The standard InChI is InChI=1S/C11H12N2S/c1-14-11(13)10(8-12)7-9-5-3-2-4-6-9/h2-6H,7,13H2,1H3/b11-10+. The van der Waals surface area contributed by atoms with Crippen LogP contribution in [0.2, 0.25) is 0 Å². The van der Waals surface area contributed by atoms with Crippen LogP contribution < -0.4 is 5.73 Å². The molecule has 0 aliphatic carbocycles. The van der Waals surface area contributed by atoms with E-state index in [1.54, 1.807) is 0 Å². The zero-order chi connectivity index (χ0) is 10.4. The Bertz CT molecular complexity index is 363. The second-order valence-electron chi connectivity index (χ2n) is 2.82. The highest BCUT2D eigenvalue weighted by molar-refractivity contribution is 8.02. The molecule has 1 rings (SSSR count). The van der Waals surface area contributed by atoms with E-state index in [1.807, 2.05) is 36.6 Å². The van der Waals surface area contributed by atoms with Crippen LogP contribution in [0.1, 0.15) is 5.56 Å². The van der Waals surface area contributed by atoms with Gasteiger partial charge in [-0.3, -0.25) is 0 Å². The minimum absolute atomic E-state index is 0.608. The highest BCUT2D eigenvalue weighted by atomic mass is 32.2. The van der Waals surface area contributed by atoms with Gasteiger partial charge in [-0.15, -0.1) is 11.8 Å². The fourth-order valence-corrected chi connectivity index (χ4v) is 1.47. The third-order valence-electron chi connectivity index (χ3n) is 1.88. The summed E-state index contributed by atoms with van der Waals surface area (Å²) in [5.41, 5.74) is 7.45. The number of benzene rings is 1. The molecular formula is C11H12N2S. The molecule has 0 saturated carbocycles. The molecule has 2 N–H and O–H groups in total. The van der Waals surface area contributed by atoms with E-state index in [0.717, 1.165) is 5.56 Å². The van der Waals surface area contributed by atoms with Crippen LogP contribution in [0.15, 0.2) is 40.9 Å². The Kier molecular flexibility index (Phi) is 4.09. The molecule has 0 bridgehead atoms. The van der Waals surface area contributed by atoms with Crippen molar-refractivity contribution in [1.82, 2.24) is 0 Å². The van der Waals surface area contributed by atoms with E-state index in [0.29, 0.717) is 17.0 Å². The molecule has 0 aromatic heterocycles. The Morgan fingerprint density at radius 1 is 1.43 bits per heavy atom. The van der Waals surface area contributed by atoms with Crippen LogP contribution >= 0.6 is 11.8 Å². The van der Waals surface area contributed by atoms with Crippen LogP contribution in [0.4, 0.5) is 0 Å². The molecule has 14 heavy (non-hydrogen) atoms. The van der Waals surface area contributed by atoms with Crippen molar-refractivity contribution < 1.29 is 0 Å². The molecule has 0 saturated heterocycles. The van der Waals surface area contributed by atoms with Gasteiger partial charge in [-0.05, 0) is 11.8 Å². The molecule has 0 heterocycles. The Labute approximate surface area is 88.4 Å². The third-order valence-corrected chi connectivity index (χ3v) is 2.56. The molecule has 1 aromatic carbocycles. The van der Waals surface area contributed by atoms with Crippen molar-refractivity contribution in [3.63, 3.8) is 0 Å². The molecule has 2 nitrogen and oxygen atoms in total. The van der Waals surface area contributed by atoms with E-state index in [2.05, 4.69) is 6.07 Å². The molecule has 1 aromatic rings. The van der Waals surface area contributed by atoms with Crippen LogP contribution in [0.3, 0.4) is 0 Å². The van der Waals surface area contributed by atoms with Crippen molar-refractivity contribution in [3.05, 3.63) is 46.5 Å². The van der Waals surface area contributed by atoms with Gasteiger partial charge in [0.1, 0.15) is 0 Å². The van der Waals surface area contributed by atoms with Gasteiger partial charge in [-0.25, -0.2) is 0 Å². The first kappa shape index (κ1) is 10.7. The lowest BCUT2D eigenvalue weighted by Crippen LogP contribution is -1.99. The van der Waals surface area contributed by atoms with E-state index in [1.165, 1.54) is 11.8 Å². The van der Waals surface area contributed by atoms with E-state index in [9.17, 15) is 0 Å². The topological polar surface area (TPSA) is 49.8 Å². The van der Waals surface area contributed by atoms with Gasteiger partial charge in [0.2, 0.25) is 0 Å². The highest BCUT2D eigenvalue weighted by Gasteiger charge is 2.02. The van der Waals surface area contributed by atoms with Crippen molar-refractivity contribution >= 4 is 11.8 Å². The molecule has 0 aliphatic rings. The maximum atomic E-state index is 8.89. The van der Waals surface area contributed by atoms with Gasteiger partial charge in [0.25, 0.3) is 0 Å². The molecule has 0 unspecified atom stereocenters. The number of hydrogen-bond acceptors (Lipinski definition) is 3. The second kappa shape index (κ2) is 5.36. The zero-order valence-electron chi connectivity index (χ0n) is 8.03. The number of thioether (sulfide) groups is 1. The smallest absolute Gasteiger partial charge is 0.0978 e. The number of nitriles is 1. The van der Waals surface area contributed by atoms with Crippen molar-refractivity contribution in [2.75, 3.05) is 6.26 Å². The van der Waals surface area contributed by atoms with Crippen LogP contribution in [-0.4, -0.2) is 6.26 Å². The van der Waals surface area contributed by atoms with Crippen LogP contribution in [0.25, 0.3) is 0 Å². The lowest BCUT2D eigenvalue weighted by molar-refractivity contribution is 1.17. The Morgan fingerprint density at radius 3 is 2.57 bits per heavy atom. The van der Waals surface area contributed by atoms with Crippen molar-refractivity contribution in [2.24, 2.45) is 5.73 Å². The summed E-state index contributed by atoms with van der Waals surface area (Å²) in [4.78, 5) is 0. The minimum atomic E-state index is 0.608. The molecule has 3 heteroatoms. The number of rotatable bonds is 3. The third kappa shape index (κ3) is 2.82. The predicted octanol–water partition coefficient (Wildman–Crippen LogP) is 2.29. The van der Waals surface area contributed by atoms with Gasteiger partial charge < -0.3 is 5.73 Å². The van der Waals surface area contributed by atoms with E-state index >= 15 is 0 Å². The molecular weight excluding hydrogens is 192 g/mol. The van der Waals surface area contributed by atoms with Gasteiger partial charge >= 0.3 is 0 Å². The van der Waals surface area contributed by atoms with Crippen LogP contribution in [-0.2, 0) is 6.42 Å². The van der Waals surface area contributed by atoms with Gasteiger partial charge in [0, 0.05) is 6.42 Å². The largest absolute Gasteiger partial charge is 0.393 e. The summed E-state index contributed by atoms with van der Waals surface area (Å²) in [6.45, 7) is 0. The van der Waals surface area contributed by atoms with E-state index in [4.69, 9.17) is 11.0 Å². The number of hydrogen-bond donors (Lipinski definition) is 1. The molecule has 0 spiro atoms. The Hall–Kier alpha value is -1.40. The zero-order valence-corrected chi connectivity index (χ0v) is 8.84. The normalized spacial score (nSPS) is 11.7. The summed E-state index contributed by atoms with van der Waals surface area (Å²) in [6, 6.07) is 12.0. The molecule has 0 amide bonds. The molecule has 0 aliphatic heterocycles. The van der Waals surface area contributed by atoms with Gasteiger partial charge in [0.05, 0.1) is 16.7 Å². The quantitative estimate of drug-likeness (QED) is 0.768. The fourth-order valence-electron chi connectivity index (χ4n) is 1.10. The van der Waals surface area contributed by atoms with Gasteiger partial charge in [0.15, 0.2) is 0 Å². The van der Waals surface area contributed by atoms with Crippen molar-refractivity contribution in [3.8, 4) is 6.07 Å². The molecule has 0 atom stereocenters. The highest BCUT2D eigenvalue weighted by Crippen LogP contribution is 2.14. The lowest BCUT2D eigenvalue weighted by Gasteiger charge is -2.02. The van der Waals surface area contributed by atoms with Crippen LogP contribution in [0.5, 0.6) is 0 Å². The summed E-state index contributed by atoms with van der Waals surface area (Å²) in [5.74, 6) is 0. The fraction of sp³-hybridized carbons (Fsp3) is 0.182. The minimum Gasteiger partial charge on any atom is -0.393 e. The summed E-state index contributed by atoms with van der Waals surface area (Å²) in [7, 11) is 0. The Morgan fingerprint density at radius 2 is 2.07 bits per heavy atom. The summed E-state index contributed by atoms with van der Waals surface area (Å²) in [5, 5.41) is 9.50. The molecule has 0 radical (unpaired) electrons. The number of allylic oxidation sites excluding steroid dienone is 1. The average molecular weight is 204 g/mol. The molecule has 72 valence electrons. The summed E-state index contributed by atoms with van der Waals surface area (Å²) < 4.78 is 0. The lowest BCUT2D eigenvalue weighted by atomic mass is 10.1. The maximum Gasteiger partial charge on any atom is 0.0978 e. The first-order chi connectivity index (χ1) is 6.77. The van der Waals surface area contributed by atoms with Crippen LogP contribution in [0, 0.1) is 11.3 Å². The first-order valence-corrected chi connectivity index (χ1v) is 5.47. The molecule has 0 fully saturated rings. The summed E-state index contributed by atoms with van der Waals surface area (Å²) >= 11 is 1.41. The maximum absolute atomic E-state index is 8.89. The summed E-state index contributed by atoms with van der Waals surface area (Å²) in [6.07, 6.45) is 2.49.